The molecular weight excluding hydrogens is 658 g/mol. The molecule has 1 atom stereocenters. The fourth-order valence-electron chi connectivity index (χ4n) is 5.27. The van der Waals surface area contributed by atoms with Crippen LogP contribution in [0.2, 0.25) is 5.02 Å². The predicted octanol–water partition coefficient (Wildman–Crippen LogP) is 7.49. The van der Waals surface area contributed by atoms with Crippen LogP contribution in [0, 0.1) is 0 Å². The van der Waals surface area contributed by atoms with Crippen molar-refractivity contribution >= 4 is 39.1 Å². The largest absolute Gasteiger partial charge is 0.457 e. The predicted molar refractivity (Wildman–Crippen MR) is 193 cm³/mol. The van der Waals surface area contributed by atoms with Crippen LogP contribution in [0.3, 0.4) is 0 Å². The highest BCUT2D eigenvalue weighted by molar-refractivity contribution is 7.92. The highest BCUT2D eigenvalue weighted by Crippen LogP contribution is 2.29. The van der Waals surface area contributed by atoms with Gasteiger partial charge in [-0.05, 0) is 85.6 Å². The van der Waals surface area contributed by atoms with Gasteiger partial charge >= 0.3 is 0 Å². The zero-order chi connectivity index (χ0) is 34.8. The number of amides is 2. The van der Waals surface area contributed by atoms with Gasteiger partial charge in [0, 0.05) is 24.0 Å². The molecule has 0 aromatic heterocycles. The monoisotopic (exact) mass is 695 g/mol. The molecule has 252 valence electrons. The van der Waals surface area contributed by atoms with Gasteiger partial charge in [-0.2, -0.15) is 0 Å². The van der Waals surface area contributed by atoms with Gasteiger partial charge in [-0.25, -0.2) is 8.42 Å². The molecular formula is C39H38ClN3O5S. The molecule has 0 aliphatic rings. The van der Waals surface area contributed by atoms with E-state index < -0.39 is 28.5 Å². The standard InChI is InChI=1S/C39H38ClN3O5S/c1-29(2)41-39(45)37(26-30-12-6-3-7-13-30)42(27-31-18-20-32(40)21-19-31)38(44)28-43(49(46,47)36-16-10-5-11-17-36)33-22-24-35(25-23-33)48-34-14-8-4-9-15-34/h3-25,29,37H,26-28H2,1-2H3,(H,41,45). The molecule has 0 aliphatic heterocycles. The Labute approximate surface area is 293 Å². The third-order valence-electron chi connectivity index (χ3n) is 7.68. The average Bonchev–Trinajstić information content (AvgIpc) is 3.11. The number of carbonyl (C=O) groups excluding carboxylic acids is 2. The van der Waals surface area contributed by atoms with Gasteiger partial charge in [0.2, 0.25) is 11.8 Å². The van der Waals surface area contributed by atoms with Gasteiger partial charge in [0.1, 0.15) is 24.1 Å². The van der Waals surface area contributed by atoms with Crippen LogP contribution in [0.5, 0.6) is 11.5 Å². The molecule has 5 aromatic carbocycles. The number of anilines is 1. The second kappa shape index (κ2) is 16.3. The van der Waals surface area contributed by atoms with E-state index in [4.69, 9.17) is 16.3 Å². The number of hydrogen-bond donors (Lipinski definition) is 1. The molecule has 0 saturated heterocycles. The number of para-hydroxylation sites is 1. The third-order valence-corrected chi connectivity index (χ3v) is 9.72. The Kier molecular flexibility index (Phi) is 11.7. The number of benzene rings is 5. The van der Waals surface area contributed by atoms with Gasteiger partial charge in [0.05, 0.1) is 10.6 Å². The van der Waals surface area contributed by atoms with E-state index in [1.54, 1.807) is 66.7 Å². The topological polar surface area (TPSA) is 96.0 Å². The Balaban J connectivity index is 1.54. The summed E-state index contributed by atoms with van der Waals surface area (Å²) in [6.45, 7) is 3.18. The van der Waals surface area contributed by atoms with Gasteiger partial charge in [0.25, 0.3) is 10.0 Å². The lowest BCUT2D eigenvalue weighted by molar-refractivity contribution is -0.140. The fourth-order valence-corrected chi connectivity index (χ4v) is 6.84. The minimum absolute atomic E-state index is 0.0232. The Morgan fingerprint density at radius 2 is 1.27 bits per heavy atom. The van der Waals surface area contributed by atoms with Crippen molar-refractivity contribution in [3.63, 3.8) is 0 Å². The Morgan fingerprint density at radius 3 is 1.86 bits per heavy atom. The van der Waals surface area contributed by atoms with Crippen LogP contribution in [0.15, 0.2) is 144 Å². The lowest BCUT2D eigenvalue weighted by Crippen LogP contribution is -2.54. The maximum absolute atomic E-state index is 14.6. The summed E-state index contributed by atoms with van der Waals surface area (Å²) in [7, 11) is -4.23. The summed E-state index contributed by atoms with van der Waals surface area (Å²) in [4.78, 5) is 29.9. The molecule has 0 bridgehead atoms. The van der Waals surface area contributed by atoms with Crippen molar-refractivity contribution < 1.29 is 22.7 Å². The maximum atomic E-state index is 14.6. The molecule has 5 aromatic rings. The number of ether oxygens (including phenoxy) is 1. The molecule has 0 spiro atoms. The summed E-state index contributed by atoms with van der Waals surface area (Å²) in [5.74, 6) is 0.220. The average molecular weight is 696 g/mol. The molecule has 0 radical (unpaired) electrons. The Hall–Kier alpha value is -5.12. The van der Waals surface area contributed by atoms with Gasteiger partial charge in [0.15, 0.2) is 0 Å². The molecule has 1 N–H and O–H groups in total. The molecule has 0 fully saturated rings. The van der Waals surface area contributed by atoms with E-state index in [2.05, 4.69) is 5.32 Å². The molecule has 8 nitrogen and oxygen atoms in total. The van der Waals surface area contributed by atoms with Crippen molar-refractivity contribution in [1.29, 1.82) is 0 Å². The van der Waals surface area contributed by atoms with Crippen molar-refractivity contribution in [3.05, 3.63) is 156 Å². The zero-order valence-corrected chi connectivity index (χ0v) is 28.8. The number of nitrogens with one attached hydrogen (secondary N) is 1. The summed E-state index contributed by atoms with van der Waals surface area (Å²) >= 11 is 6.16. The second-order valence-corrected chi connectivity index (χ2v) is 14.0. The fraction of sp³-hybridized carbons (Fsp3) is 0.179. The van der Waals surface area contributed by atoms with Crippen molar-refractivity contribution in [2.45, 2.75) is 43.8 Å². The highest BCUT2D eigenvalue weighted by Gasteiger charge is 2.34. The normalized spacial score (nSPS) is 11.8. The molecule has 0 saturated carbocycles. The van der Waals surface area contributed by atoms with E-state index in [0.29, 0.717) is 16.5 Å². The first-order valence-corrected chi connectivity index (χ1v) is 17.7. The Bertz CT molecular complexity index is 1920. The van der Waals surface area contributed by atoms with Gasteiger partial charge in [-0.15, -0.1) is 0 Å². The molecule has 10 heteroatoms. The van der Waals surface area contributed by atoms with Crippen LogP contribution in [-0.4, -0.2) is 43.8 Å². The summed E-state index contributed by atoms with van der Waals surface area (Å²) in [6, 6.07) is 38.9. The maximum Gasteiger partial charge on any atom is 0.264 e. The van der Waals surface area contributed by atoms with Crippen LogP contribution in [0.1, 0.15) is 25.0 Å². The number of nitrogens with zero attached hydrogens (tertiary/aromatic N) is 2. The molecule has 1 unspecified atom stereocenters. The lowest BCUT2D eigenvalue weighted by Gasteiger charge is -2.34. The number of sulfonamides is 1. The van der Waals surface area contributed by atoms with Crippen LogP contribution >= 0.6 is 11.6 Å². The highest BCUT2D eigenvalue weighted by atomic mass is 35.5. The first-order chi connectivity index (χ1) is 23.6. The van der Waals surface area contributed by atoms with E-state index in [9.17, 15) is 18.0 Å². The molecule has 0 heterocycles. The number of carbonyl (C=O) groups is 2. The minimum Gasteiger partial charge on any atom is -0.457 e. The van der Waals surface area contributed by atoms with Gasteiger partial charge in [-0.1, -0.05) is 90.5 Å². The molecule has 0 aliphatic carbocycles. The zero-order valence-electron chi connectivity index (χ0n) is 27.3. The van der Waals surface area contributed by atoms with Crippen LogP contribution in [-0.2, 0) is 32.6 Å². The van der Waals surface area contributed by atoms with Crippen LogP contribution < -0.4 is 14.4 Å². The van der Waals surface area contributed by atoms with Crippen molar-refractivity contribution in [3.8, 4) is 11.5 Å². The first kappa shape index (κ1) is 35.2. The van der Waals surface area contributed by atoms with E-state index in [-0.39, 0.29) is 35.5 Å². The van der Waals surface area contributed by atoms with E-state index in [1.807, 2.05) is 74.5 Å². The molecule has 2 amide bonds. The van der Waals surface area contributed by atoms with E-state index in [0.717, 1.165) is 15.4 Å². The lowest BCUT2D eigenvalue weighted by atomic mass is 10.0. The summed E-state index contributed by atoms with van der Waals surface area (Å²) in [5, 5.41) is 3.49. The van der Waals surface area contributed by atoms with E-state index >= 15 is 0 Å². The van der Waals surface area contributed by atoms with Crippen LogP contribution in [0.25, 0.3) is 0 Å². The second-order valence-electron chi connectivity index (χ2n) is 11.8. The van der Waals surface area contributed by atoms with Crippen molar-refractivity contribution in [2.75, 3.05) is 10.8 Å². The Morgan fingerprint density at radius 1 is 0.714 bits per heavy atom. The number of rotatable bonds is 14. The number of hydrogen-bond acceptors (Lipinski definition) is 5. The van der Waals surface area contributed by atoms with Gasteiger partial charge in [-0.3, -0.25) is 13.9 Å². The summed E-state index contributed by atoms with van der Waals surface area (Å²) in [6.07, 6.45) is 0.218. The SMILES string of the molecule is CC(C)NC(=O)C(Cc1ccccc1)N(Cc1ccc(Cl)cc1)C(=O)CN(c1ccc(Oc2ccccc2)cc1)S(=O)(=O)c1ccccc1. The third kappa shape index (κ3) is 9.49. The number of halogens is 1. The first-order valence-electron chi connectivity index (χ1n) is 15.9. The van der Waals surface area contributed by atoms with Crippen molar-refractivity contribution in [2.24, 2.45) is 0 Å². The quantitative estimate of drug-likeness (QED) is 0.130. The molecule has 49 heavy (non-hydrogen) atoms. The van der Waals surface area contributed by atoms with Crippen LogP contribution in [0.4, 0.5) is 5.69 Å². The molecule has 5 rings (SSSR count). The minimum atomic E-state index is -4.23. The van der Waals surface area contributed by atoms with Gasteiger partial charge < -0.3 is 15.0 Å². The van der Waals surface area contributed by atoms with E-state index in [1.165, 1.54) is 17.0 Å². The summed E-state index contributed by atoms with van der Waals surface area (Å²) < 4.78 is 35.5. The smallest absolute Gasteiger partial charge is 0.264 e. The summed E-state index contributed by atoms with van der Waals surface area (Å²) in [5.41, 5.74) is 1.84. The van der Waals surface area contributed by atoms with Crippen molar-refractivity contribution in [1.82, 2.24) is 10.2 Å².